The van der Waals surface area contributed by atoms with E-state index in [0.717, 1.165) is 25.9 Å². The third kappa shape index (κ3) is 3.58. The molecule has 2 aliphatic rings. The summed E-state index contributed by atoms with van der Waals surface area (Å²) in [7, 11) is 0. The molecule has 0 aromatic carbocycles. The molecule has 0 aromatic rings. The largest absolute Gasteiger partial charge is 0.355 e. The number of nitrogens with one attached hydrogen (secondary N) is 2. The average Bonchev–Trinajstić information content (AvgIpc) is 2.80. The Hall–Kier alpha value is -0.830. The molecule has 18 heavy (non-hydrogen) atoms. The molecule has 0 radical (unpaired) electrons. The fourth-order valence-electron chi connectivity index (χ4n) is 3.01. The van der Waals surface area contributed by atoms with Gasteiger partial charge in [0.05, 0.1) is 0 Å². The molecule has 2 atom stereocenters. The maximum absolute atomic E-state index is 11.9. The Balaban J connectivity index is 1.73. The van der Waals surface area contributed by atoms with Crippen LogP contribution in [0.15, 0.2) is 12.2 Å². The highest BCUT2D eigenvalue weighted by molar-refractivity contribution is 5.76. The van der Waals surface area contributed by atoms with Crippen LogP contribution in [0.2, 0.25) is 0 Å². The summed E-state index contributed by atoms with van der Waals surface area (Å²) in [5.41, 5.74) is 0.290. The Morgan fingerprint density at radius 2 is 2.33 bits per heavy atom. The molecule has 102 valence electrons. The van der Waals surface area contributed by atoms with Gasteiger partial charge in [0, 0.05) is 19.0 Å². The third-order valence-electron chi connectivity index (χ3n) is 4.40. The Labute approximate surface area is 110 Å². The van der Waals surface area contributed by atoms with E-state index in [0.29, 0.717) is 23.8 Å². The van der Waals surface area contributed by atoms with E-state index in [1.165, 1.54) is 12.8 Å². The van der Waals surface area contributed by atoms with Crippen molar-refractivity contribution in [1.82, 2.24) is 10.6 Å². The molecule has 3 heteroatoms. The molecule has 1 aliphatic carbocycles. The minimum Gasteiger partial charge on any atom is -0.355 e. The van der Waals surface area contributed by atoms with Gasteiger partial charge in [0.25, 0.3) is 0 Å². The maximum Gasteiger partial charge on any atom is 0.220 e. The predicted octanol–water partition coefficient (Wildman–Crippen LogP) is 2.24. The zero-order chi connectivity index (χ0) is 13.0. The zero-order valence-electron chi connectivity index (χ0n) is 11.7. The van der Waals surface area contributed by atoms with Crippen LogP contribution in [0.1, 0.15) is 46.0 Å². The lowest BCUT2D eigenvalue weighted by atomic mass is 9.77. The predicted molar refractivity (Wildman–Crippen MR) is 74.3 cm³/mol. The minimum absolute atomic E-state index is 0.203. The van der Waals surface area contributed by atoms with Crippen molar-refractivity contribution in [3.63, 3.8) is 0 Å². The van der Waals surface area contributed by atoms with Crippen LogP contribution in [0.5, 0.6) is 0 Å². The summed E-state index contributed by atoms with van der Waals surface area (Å²) in [4.78, 5) is 11.9. The van der Waals surface area contributed by atoms with Gasteiger partial charge in [0.1, 0.15) is 0 Å². The number of allylic oxidation sites excluding steroid dienone is 2. The Bertz CT molecular complexity index is 322. The second-order valence-corrected chi connectivity index (χ2v) is 6.37. The molecule has 3 nitrogen and oxygen atoms in total. The number of hydrogen-bond donors (Lipinski definition) is 2. The van der Waals surface area contributed by atoms with Crippen molar-refractivity contribution >= 4 is 5.91 Å². The first-order valence-corrected chi connectivity index (χ1v) is 7.25. The summed E-state index contributed by atoms with van der Waals surface area (Å²) in [5.74, 6) is 0.673. The Morgan fingerprint density at radius 3 is 3.00 bits per heavy atom. The first kappa shape index (κ1) is 13.6. The molecule has 1 aliphatic heterocycles. The molecule has 0 spiro atoms. The fourth-order valence-corrected chi connectivity index (χ4v) is 3.01. The van der Waals surface area contributed by atoms with Gasteiger partial charge in [-0.3, -0.25) is 4.79 Å². The van der Waals surface area contributed by atoms with Crippen LogP contribution < -0.4 is 10.6 Å². The van der Waals surface area contributed by atoms with Gasteiger partial charge in [0.2, 0.25) is 5.91 Å². The lowest BCUT2D eigenvalue weighted by Crippen LogP contribution is -2.52. The van der Waals surface area contributed by atoms with Gasteiger partial charge in [-0.15, -0.1) is 0 Å². The molecule has 2 rings (SSSR count). The molecule has 0 saturated carbocycles. The van der Waals surface area contributed by atoms with E-state index < -0.39 is 0 Å². The quantitative estimate of drug-likeness (QED) is 0.751. The molecule has 1 amide bonds. The highest BCUT2D eigenvalue weighted by atomic mass is 16.1. The average molecular weight is 250 g/mol. The van der Waals surface area contributed by atoms with Gasteiger partial charge < -0.3 is 10.6 Å². The van der Waals surface area contributed by atoms with Crippen molar-refractivity contribution in [2.45, 2.75) is 52.0 Å². The van der Waals surface area contributed by atoms with Gasteiger partial charge in [-0.2, -0.15) is 0 Å². The van der Waals surface area contributed by atoms with Crippen molar-refractivity contribution in [3.05, 3.63) is 12.2 Å². The number of piperidine rings is 1. The molecular formula is C15H26N2O. The van der Waals surface area contributed by atoms with Gasteiger partial charge in [0.15, 0.2) is 0 Å². The van der Waals surface area contributed by atoms with E-state index >= 15 is 0 Å². The Kier molecular flexibility index (Phi) is 4.44. The van der Waals surface area contributed by atoms with Crippen molar-refractivity contribution in [2.75, 3.05) is 13.1 Å². The molecule has 2 unspecified atom stereocenters. The standard InChI is InChI=1S/C15H26N2O/c1-15(2)8-5-9-16-13(15)11-17-14(18)10-12-6-3-4-7-12/h3,6,12-13,16H,4-5,7-11H2,1-2H3,(H,17,18). The van der Waals surface area contributed by atoms with Crippen LogP contribution in [0, 0.1) is 11.3 Å². The lowest BCUT2D eigenvalue weighted by molar-refractivity contribution is -0.122. The van der Waals surface area contributed by atoms with E-state index in [1.807, 2.05) is 0 Å². The van der Waals surface area contributed by atoms with Gasteiger partial charge >= 0.3 is 0 Å². The first-order valence-electron chi connectivity index (χ1n) is 7.25. The molecule has 0 aromatic heterocycles. The normalized spacial score (nSPS) is 30.3. The third-order valence-corrected chi connectivity index (χ3v) is 4.40. The second kappa shape index (κ2) is 5.87. The van der Waals surface area contributed by atoms with Crippen LogP contribution >= 0.6 is 0 Å². The van der Waals surface area contributed by atoms with Gasteiger partial charge in [-0.25, -0.2) is 0 Å². The van der Waals surface area contributed by atoms with E-state index in [1.54, 1.807) is 0 Å². The van der Waals surface area contributed by atoms with Gasteiger partial charge in [-0.05, 0) is 43.6 Å². The van der Waals surface area contributed by atoms with Crippen molar-refractivity contribution in [1.29, 1.82) is 0 Å². The molecule has 1 heterocycles. The summed E-state index contributed by atoms with van der Waals surface area (Å²) < 4.78 is 0. The number of hydrogen-bond acceptors (Lipinski definition) is 2. The molecule has 2 N–H and O–H groups in total. The van der Waals surface area contributed by atoms with Crippen LogP contribution in [-0.2, 0) is 4.79 Å². The lowest BCUT2D eigenvalue weighted by Gasteiger charge is -2.39. The maximum atomic E-state index is 11.9. The summed E-state index contributed by atoms with van der Waals surface area (Å²) in [5, 5.41) is 6.63. The van der Waals surface area contributed by atoms with Crippen LogP contribution in [0.25, 0.3) is 0 Å². The topological polar surface area (TPSA) is 41.1 Å². The molecule has 1 fully saturated rings. The van der Waals surface area contributed by atoms with E-state index in [4.69, 9.17) is 0 Å². The first-order chi connectivity index (χ1) is 8.58. The van der Waals surface area contributed by atoms with Gasteiger partial charge in [-0.1, -0.05) is 26.0 Å². The molecular weight excluding hydrogens is 224 g/mol. The smallest absolute Gasteiger partial charge is 0.220 e. The van der Waals surface area contributed by atoms with Crippen molar-refractivity contribution < 1.29 is 4.79 Å². The number of amides is 1. The summed E-state index contributed by atoms with van der Waals surface area (Å²) in [6, 6.07) is 0.411. The van der Waals surface area contributed by atoms with E-state index in [2.05, 4.69) is 36.6 Å². The van der Waals surface area contributed by atoms with E-state index in [9.17, 15) is 4.79 Å². The molecule has 0 bridgehead atoms. The van der Waals surface area contributed by atoms with Crippen molar-refractivity contribution in [3.8, 4) is 0 Å². The highest BCUT2D eigenvalue weighted by Crippen LogP contribution is 2.29. The monoisotopic (exact) mass is 250 g/mol. The van der Waals surface area contributed by atoms with E-state index in [-0.39, 0.29) is 5.91 Å². The van der Waals surface area contributed by atoms with Crippen LogP contribution in [0.3, 0.4) is 0 Å². The SMILES string of the molecule is CC1(C)CCCNC1CNC(=O)CC1C=CCC1. The number of rotatable bonds is 4. The highest BCUT2D eigenvalue weighted by Gasteiger charge is 2.31. The second-order valence-electron chi connectivity index (χ2n) is 6.37. The summed E-state index contributed by atoms with van der Waals surface area (Å²) >= 11 is 0. The number of carbonyl (C=O) groups excluding carboxylic acids is 1. The minimum atomic E-state index is 0.203. The summed E-state index contributed by atoms with van der Waals surface area (Å²) in [6.45, 7) is 6.42. The fraction of sp³-hybridized carbons (Fsp3) is 0.800. The zero-order valence-corrected chi connectivity index (χ0v) is 11.7. The van der Waals surface area contributed by atoms with Crippen LogP contribution in [-0.4, -0.2) is 25.0 Å². The number of carbonyl (C=O) groups is 1. The van der Waals surface area contributed by atoms with Crippen molar-refractivity contribution in [2.24, 2.45) is 11.3 Å². The Morgan fingerprint density at radius 1 is 1.50 bits per heavy atom. The molecule has 1 saturated heterocycles. The van der Waals surface area contributed by atoms with Crippen LogP contribution in [0.4, 0.5) is 0 Å². The summed E-state index contributed by atoms with van der Waals surface area (Å²) in [6.07, 6.45) is 9.78.